The number of imidazole rings is 1. The van der Waals surface area contributed by atoms with E-state index >= 15 is 4.39 Å². The molecule has 0 bridgehead atoms. The molecule has 1 N–H and O–H groups in total. The predicted molar refractivity (Wildman–Crippen MR) is 162 cm³/mol. The highest BCUT2D eigenvalue weighted by Crippen LogP contribution is 2.53. The third-order valence-corrected chi connectivity index (χ3v) is 10.7. The van der Waals surface area contributed by atoms with Gasteiger partial charge in [-0.2, -0.15) is 0 Å². The average Bonchev–Trinajstić information content (AvgIpc) is 3.46. The van der Waals surface area contributed by atoms with Crippen LogP contribution in [0.15, 0.2) is 48.8 Å². The number of benzene rings is 2. The molecular weight excluding hydrogens is 584 g/mol. The van der Waals surface area contributed by atoms with Crippen molar-refractivity contribution in [3.05, 3.63) is 81.5 Å². The molecule has 214 valence electrons. The van der Waals surface area contributed by atoms with Gasteiger partial charge in [-0.15, -0.1) is 4.72 Å². The molecule has 0 saturated carbocycles. The van der Waals surface area contributed by atoms with Crippen LogP contribution in [0.3, 0.4) is 0 Å². The van der Waals surface area contributed by atoms with Crippen molar-refractivity contribution in [1.82, 2.24) is 19.1 Å². The summed E-state index contributed by atoms with van der Waals surface area (Å²) in [7, 11) is 0. The number of hydrogen-bond acceptors (Lipinski definition) is 6. The van der Waals surface area contributed by atoms with Gasteiger partial charge in [-0.1, -0.05) is 41.4 Å². The van der Waals surface area contributed by atoms with Gasteiger partial charge in [0.25, 0.3) is 0 Å². The van der Waals surface area contributed by atoms with Crippen molar-refractivity contribution in [3.8, 4) is 11.4 Å². The second kappa shape index (κ2) is 10.5. The van der Waals surface area contributed by atoms with Gasteiger partial charge in [0.05, 0.1) is 16.1 Å². The summed E-state index contributed by atoms with van der Waals surface area (Å²) in [5.74, 6) is 0.881. The molecule has 6 rings (SSSR count). The van der Waals surface area contributed by atoms with E-state index in [2.05, 4.69) is 19.6 Å². The number of carbonyl (C=O) groups is 1. The highest BCUT2D eigenvalue weighted by molar-refractivity contribution is 7.90. The lowest BCUT2D eigenvalue weighted by molar-refractivity contribution is 0.112. The van der Waals surface area contributed by atoms with E-state index in [-0.39, 0.29) is 23.0 Å². The molecule has 2 aromatic carbocycles. The van der Waals surface area contributed by atoms with Crippen molar-refractivity contribution in [3.63, 3.8) is 0 Å². The minimum absolute atomic E-state index is 0.259. The zero-order chi connectivity index (χ0) is 29.1. The number of carbonyl (C=O) groups excluding carboxylic acids is 1. The molecule has 0 radical (unpaired) electrons. The first-order valence-corrected chi connectivity index (χ1v) is 15.4. The largest absolute Gasteiger partial charge is 0.598 e. The van der Waals surface area contributed by atoms with Crippen molar-refractivity contribution >= 4 is 52.2 Å². The first-order chi connectivity index (χ1) is 19.5. The molecule has 4 aromatic rings. The first-order valence-electron chi connectivity index (χ1n) is 13.5. The Morgan fingerprint density at radius 1 is 1.17 bits per heavy atom. The van der Waals surface area contributed by atoms with E-state index in [1.165, 1.54) is 6.07 Å². The molecule has 2 aliphatic rings. The van der Waals surface area contributed by atoms with Gasteiger partial charge in [0.2, 0.25) is 0 Å². The molecule has 1 aliphatic heterocycles. The molecule has 41 heavy (non-hydrogen) atoms. The number of halogens is 3. The van der Waals surface area contributed by atoms with Gasteiger partial charge in [-0.3, -0.25) is 9.20 Å². The second-order valence-corrected chi connectivity index (χ2v) is 14.6. The highest BCUT2D eigenvalue weighted by atomic mass is 35.5. The van der Waals surface area contributed by atoms with Gasteiger partial charge < -0.3 is 9.45 Å². The fraction of sp³-hybridized carbons (Fsp3) is 0.367. The lowest BCUT2D eigenvalue weighted by atomic mass is 9.73. The molecule has 2 unspecified atom stereocenters. The molecule has 3 heterocycles. The monoisotopic (exact) mass is 613 g/mol. The minimum atomic E-state index is -1.37. The summed E-state index contributed by atoms with van der Waals surface area (Å²) in [5, 5.41) is 0.754. The number of nitrogens with one attached hydrogen (secondary N) is 1. The van der Waals surface area contributed by atoms with Gasteiger partial charge in [0.1, 0.15) is 27.6 Å². The minimum Gasteiger partial charge on any atom is -0.598 e. The molecular formula is C30H30Cl2FN5O2S. The molecule has 1 aliphatic carbocycles. The van der Waals surface area contributed by atoms with Gasteiger partial charge in [-0.25, -0.2) is 14.4 Å². The summed E-state index contributed by atoms with van der Waals surface area (Å²) in [6, 6.07) is 10.1. The second-order valence-electron chi connectivity index (χ2n) is 11.8. The molecule has 1 saturated heterocycles. The fourth-order valence-electron chi connectivity index (χ4n) is 6.17. The first kappa shape index (κ1) is 28.4. The smallest absolute Gasteiger partial charge is 0.170 e. The van der Waals surface area contributed by atoms with Crippen LogP contribution in [0, 0.1) is 11.2 Å². The average molecular weight is 615 g/mol. The maximum Gasteiger partial charge on any atom is 0.170 e. The summed E-state index contributed by atoms with van der Waals surface area (Å²) >= 11 is 11.4. The van der Waals surface area contributed by atoms with E-state index in [0.717, 1.165) is 24.7 Å². The van der Waals surface area contributed by atoms with E-state index in [0.29, 0.717) is 57.8 Å². The molecule has 7 nitrogen and oxygen atoms in total. The number of piperidine rings is 1. The third-order valence-electron chi connectivity index (χ3n) is 8.29. The van der Waals surface area contributed by atoms with Crippen molar-refractivity contribution in [2.75, 3.05) is 18.0 Å². The van der Waals surface area contributed by atoms with Crippen LogP contribution in [0.4, 0.5) is 10.2 Å². The Labute approximate surface area is 251 Å². The maximum atomic E-state index is 15.2. The summed E-state index contributed by atoms with van der Waals surface area (Å²) in [4.78, 5) is 23.6. The number of hydrogen-bond donors (Lipinski definition) is 1. The van der Waals surface area contributed by atoms with Gasteiger partial charge >= 0.3 is 0 Å². The van der Waals surface area contributed by atoms with Crippen LogP contribution in [0.2, 0.25) is 10.0 Å². The van der Waals surface area contributed by atoms with Crippen molar-refractivity contribution in [2.45, 2.75) is 50.8 Å². The Kier molecular flexibility index (Phi) is 7.31. The van der Waals surface area contributed by atoms with Gasteiger partial charge in [0, 0.05) is 53.4 Å². The fourth-order valence-corrected chi connectivity index (χ4v) is 7.49. The Morgan fingerprint density at radius 2 is 1.90 bits per heavy atom. The molecule has 2 atom stereocenters. The normalized spacial score (nSPS) is 19.1. The van der Waals surface area contributed by atoms with E-state index in [4.69, 9.17) is 23.2 Å². The molecule has 2 aromatic heterocycles. The SMILES string of the molecule is CC(C)(C)[S+]([O-])NC1c2c(F)cccc2CC12CCN(c1nccn3c(-c4cccc(Cl)c4Cl)nc(C=O)c13)CC2. The Morgan fingerprint density at radius 3 is 2.61 bits per heavy atom. The zero-order valence-electron chi connectivity index (χ0n) is 23.0. The van der Waals surface area contributed by atoms with Crippen LogP contribution in [0.25, 0.3) is 16.9 Å². The summed E-state index contributed by atoms with van der Waals surface area (Å²) in [6.45, 7) is 6.99. The lowest BCUT2D eigenvalue weighted by Gasteiger charge is -2.44. The number of fused-ring (bicyclic) bond motifs is 2. The number of anilines is 1. The van der Waals surface area contributed by atoms with E-state index in [1.54, 1.807) is 30.6 Å². The van der Waals surface area contributed by atoms with Crippen LogP contribution in [-0.4, -0.2) is 43.0 Å². The highest BCUT2D eigenvalue weighted by Gasteiger charge is 2.51. The summed E-state index contributed by atoms with van der Waals surface area (Å²) in [5.41, 5.74) is 2.75. The lowest BCUT2D eigenvalue weighted by Crippen LogP contribution is -2.50. The summed E-state index contributed by atoms with van der Waals surface area (Å²) in [6.07, 6.45) is 6.32. The zero-order valence-corrected chi connectivity index (χ0v) is 25.3. The Hall–Kier alpha value is -2.69. The van der Waals surface area contributed by atoms with Crippen LogP contribution in [-0.2, 0) is 17.8 Å². The third kappa shape index (κ3) is 4.81. The van der Waals surface area contributed by atoms with Crippen molar-refractivity contribution < 1.29 is 13.7 Å². The number of aromatic nitrogens is 3. The maximum absolute atomic E-state index is 15.2. The van der Waals surface area contributed by atoms with E-state index in [9.17, 15) is 9.35 Å². The molecule has 1 spiro atoms. The quantitative estimate of drug-likeness (QED) is 0.202. The Balaban J connectivity index is 1.35. The molecule has 0 amide bonds. The van der Waals surface area contributed by atoms with Crippen LogP contribution in [0.1, 0.15) is 61.3 Å². The number of aldehydes is 1. The predicted octanol–water partition coefficient (Wildman–Crippen LogP) is 6.59. The summed E-state index contributed by atoms with van der Waals surface area (Å²) < 4.78 is 33.1. The Bertz CT molecular complexity index is 1650. The number of nitrogens with zero attached hydrogens (tertiary/aromatic N) is 4. The van der Waals surface area contributed by atoms with Gasteiger partial charge in [-0.05, 0) is 63.8 Å². The topological polar surface area (TPSA) is 85.6 Å². The standard InChI is InChI=1S/C30H30Cl2FN5O2S/c1-29(2,3)41(40)36-26-23-18(6-4-9-21(23)33)16-30(26)10-13-37(14-11-30)28-25-22(17-39)35-27(38(25)15-12-34-28)19-7-5-8-20(31)24(19)32/h4-9,12,15,17,26,36H,10-11,13-14,16H2,1-3H3. The van der Waals surface area contributed by atoms with Crippen molar-refractivity contribution in [1.29, 1.82) is 0 Å². The molecule has 1 fully saturated rings. The van der Waals surface area contributed by atoms with Crippen LogP contribution >= 0.6 is 23.2 Å². The van der Waals surface area contributed by atoms with Crippen molar-refractivity contribution in [2.24, 2.45) is 5.41 Å². The van der Waals surface area contributed by atoms with Crippen LogP contribution in [0.5, 0.6) is 0 Å². The number of rotatable bonds is 5. The van der Waals surface area contributed by atoms with Gasteiger partial charge in [0.15, 0.2) is 12.1 Å². The van der Waals surface area contributed by atoms with Crippen LogP contribution < -0.4 is 9.62 Å². The van der Waals surface area contributed by atoms with E-state index in [1.807, 2.05) is 37.3 Å². The van der Waals surface area contributed by atoms with E-state index < -0.39 is 16.1 Å². The molecule has 11 heteroatoms.